The van der Waals surface area contributed by atoms with Crippen molar-refractivity contribution in [1.29, 1.82) is 0 Å². The van der Waals surface area contributed by atoms with Crippen LogP contribution in [-0.2, 0) is 11.2 Å². The molecule has 0 amide bonds. The molecule has 1 heterocycles. The second-order valence-electron chi connectivity index (χ2n) is 8.26. The van der Waals surface area contributed by atoms with Crippen molar-refractivity contribution in [2.45, 2.75) is 65.2 Å². The Labute approximate surface area is 197 Å². The van der Waals surface area contributed by atoms with E-state index in [1.807, 2.05) is 61.8 Å². The van der Waals surface area contributed by atoms with Gasteiger partial charge in [-0.3, -0.25) is 4.79 Å². The van der Waals surface area contributed by atoms with Crippen LogP contribution < -0.4 is 4.74 Å². The second kappa shape index (κ2) is 13.3. The number of allylic oxidation sites excluding steroid dienone is 2. The molecule has 0 atom stereocenters. The first-order valence-electron chi connectivity index (χ1n) is 12.0. The fourth-order valence-corrected chi connectivity index (χ4v) is 3.62. The number of carbonyl (C=O) groups is 1. The molecule has 33 heavy (non-hydrogen) atoms. The first kappa shape index (κ1) is 24.4. The van der Waals surface area contributed by atoms with Crippen LogP contribution in [0, 0.1) is 0 Å². The van der Waals surface area contributed by atoms with Crippen molar-refractivity contribution >= 4 is 5.97 Å². The number of esters is 1. The van der Waals surface area contributed by atoms with E-state index >= 15 is 0 Å². The zero-order valence-electron chi connectivity index (χ0n) is 19.8. The summed E-state index contributed by atoms with van der Waals surface area (Å²) in [6.07, 6.45) is 16.0. The van der Waals surface area contributed by atoms with E-state index in [9.17, 15) is 4.79 Å². The van der Waals surface area contributed by atoms with Crippen LogP contribution in [0.1, 0.15) is 64.4 Å². The number of ether oxygens (including phenoxy) is 1. The van der Waals surface area contributed by atoms with Gasteiger partial charge in [0.05, 0.1) is 0 Å². The number of hydrogen-bond acceptors (Lipinski definition) is 4. The van der Waals surface area contributed by atoms with Crippen molar-refractivity contribution in [3.63, 3.8) is 0 Å². The highest BCUT2D eigenvalue weighted by Crippen LogP contribution is 2.25. The van der Waals surface area contributed by atoms with Gasteiger partial charge in [0.25, 0.3) is 0 Å². The molecule has 0 bridgehead atoms. The summed E-state index contributed by atoms with van der Waals surface area (Å²) in [5, 5.41) is 0. The van der Waals surface area contributed by atoms with E-state index in [0.29, 0.717) is 12.2 Å². The Balaban J connectivity index is 1.53. The Morgan fingerprint density at radius 2 is 1.48 bits per heavy atom. The average Bonchev–Trinajstić information content (AvgIpc) is 2.85. The summed E-state index contributed by atoms with van der Waals surface area (Å²) < 4.78 is 5.46. The molecule has 2 aromatic carbocycles. The molecule has 0 aliphatic carbocycles. The van der Waals surface area contributed by atoms with Crippen molar-refractivity contribution in [3.05, 3.63) is 78.6 Å². The lowest BCUT2D eigenvalue weighted by molar-refractivity contribution is -0.134. The van der Waals surface area contributed by atoms with Gasteiger partial charge in [-0.1, -0.05) is 68.3 Å². The number of hydrogen-bond donors (Lipinski definition) is 0. The summed E-state index contributed by atoms with van der Waals surface area (Å²) >= 11 is 0. The average molecular weight is 443 g/mol. The number of unbranched alkanes of at least 4 members (excludes halogenated alkanes) is 4. The van der Waals surface area contributed by atoms with E-state index in [-0.39, 0.29) is 5.97 Å². The maximum absolute atomic E-state index is 12.0. The molecule has 172 valence electrons. The Bertz CT molecular complexity index is 1010. The number of aryl methyl sites for hydroxylation is 1. The summed E-state index contributed by atoms with van der Waals surface area (Å²) in [5.41, 5.74) is 4.36. The van der Waals surface area contributed by atoms with Gasteiger partial charge < -0.3 is 4.74 Å². The lowest BCUT2D eigenvalue weighted by Gasteiger charge is -2.07. The van der Waals surface area contributed by atoms with Crippen LogP contribution in [0.4, 0.5) is 0 Å². The molecule has 0 saturated heterocycles. The molecule has 0 fully saturated rings. The van der Waals surface area contributed by atoms with Crippen molar-refractivity contribution in [2.24, 2.45) is 0 Å². The van der Waals surface area contributed by atoms with E-state index in [0.717, 1.165) is 48.2 Å². The molecule has 0 N–H and O–H groups in total. The quantitative estimate of drug-likeness (QED) is 0.125. The monoisotopic (exact) mass is 442 g/mol. The molecule has 0 saturated carbocycles. The molecule has 0 spiro atoms. The van der Waals surface area contributed by atoms with E-state index in [4.69, 9.17) is 4.74 Å². The zero-order valence-corrected chi connectivity index (χ0v) is 19.8. The molecule has 0 aliphatic rings. The number of nitrogens with zero attached hydrogens (tertiary/aromatic N) is 2. The standard InChI is InChI=1S/C29H34N2O2/c1-3-5-7-8-10-12-28(32)33-27-19-17-25(18-20-27)24-13-15-26(16-14-24)29-30-21-23(22-31-29)11-9-6-4-2/h3,5,13-22H,4,6-12H2,1-2H3/b5-3+. The van der Waals surface area contributed by atoms with E-state index < -0.39 is 0 Å². The molecule has 4 nitrogen and oxygen atoms in total. The van der Waals surface area contributed by atoms with Gasteiger partial charge in [-0.2, -0.15) is 0 Å². The fraction of sp³-hybridized carbons (Fsp3) is 0.345. The second-order valence-corrected chi connectivity index (χ2v) is 8.26. The lowest BCUT2D eigenvalue weighted by Crippen LogP contribution is -2.07. The minimum atomic E-state index is -0.177. The SMILES string of the molecule is C/C=C/CCCCC(=O)Oc1ccc(-c2ccc(-c3ncc(CCCCC)cn3)cc2)cc1. The smallest absolute Gasteiger partial charge is 0.311 e. The first-order chi connectivity index (χ1) is 16.2. The minimum Gasteiger partial charge on any atom is -0.427 e. The Morgan fingerprint density at radius 3 is 2.12 bits per heavy atom. The number of benzene rings is 2. The normalized spacial score (nSPS) is 11.1. The predicted molar refractivity (Wildman–Crippen MR) is 135 cm³/mol. The minimum absolute atomic E-state index is 0.177. The summed E-state index contributed by atoms with van der Waals surface area (Å²) in [7, 11) is 0. The van der Waals surface area contributed by atoms with Gasteiger partial charge in [0, 0.05) is 24.4 Å². The third-order valence-corrected chi connectivity index (χ3v) is 5.57. The third-order valence-electron chi connectivity index (χ3n) is 5.57. The van der Waals surface area contributed by atoms with E-state index in [1.54, 1.807) is 0 Å². The molecule has 0 unspecified atom stereocenters. The highest BCUT2D eigenvalue weighted by molar-refractivity contribution is 5.73. The molecule has 3 rings (SSSR count). The number of carbonyl (C=O) groups excluding carboxylic acids is 1. The van der Waals surface area contributed by atoms with Gasteiger partial charge >= 0.3 is 5.97 Å². The van der Waals surface area contributed by atoms with Crippen LogP contribution in [0.15, 0.2) is 73.1 Å². The molecular formula is C29H34N2O2. The molecule has 1 aromatic heterocycles. The van der Waals surface area contributed by atoms with Crippen molar-refractivity contribution in [3.8, 4) is 28.3 Å². The van der Waals surface area contributed by atoms with E-state index in [1.165, 1.54) is 24.8 Å². The third kappa shape index (κ3) is 7.98. The van der Waals surface area contributed by atoms with Crippen LogP contribution in [0.2, 0.25) is 0 Å². The zero-order chi connectivity index (χ0) is 23.3. The molecule has 0 radical (unpaired) electrons. The largest absolute Gasteiger partial charge is 0.427 e. The number of aromatic nitrogens is 2. The molecular weight excluding hydrogens is 408 g/mol. The fourth-order valence-electron chi connectivity index (χ4n) is 3.62. The van der Waals surface area contributed by atoms with E-state index in [2.05, 4.69) is 35.1 Å². The van der Waals surface area contributed by atoms with Crippen LogP contribution in [-0.4, -0.2) is 15.9 Å². The Hall–Kier alpha value is -3.27. The maximum atomic E-state index is 12.0. The van der Waals surface area contributed by atoms with Gasteiger partial charge in [0.2, 0.25) is 0 Å². The maximum Gasteiger partial charge on any atom is 0.311 e. The van der Waals surface area contributed by atoms with Crippen molar-refractivity contribution < 1.29 is 9.53 Å². The topological polar surface area (TPSA) is 52.1 Å². The summed E-state index contributed by atoms with van der Waals surface area (Å²) in [6, 6.07) is 15.9. The van der Waals surface area contributed by atoms with Gasteiger partial charge in [0.15, 0.2) is 5.82 Å². The summed E-state index contributed by atoms with van der Waals surface area (Å²) in [4.78, 5) is 21.1. The molecule has 0 aliphatic heterocycles. The highest BCUT2D eigenvalue weighted by Gasteiger charge is 2.07. The highest BCUT2D eigenvalue weighted by atomic mass is 16.5. The lowest BCUT2D eigenvalue weighted by atomic mass is 10.0. The first-order valence-corrected chi connectivity index (χ1v) is 12.0. The van der Waals surface area contributed by atoms with Gasteiger partial charge in [0.1, 0.15) is 5.75 Å². The van der Waals surface area contributed by atoms with Crippen molar-refractivity contribution in [1.82, 2.24) is 9.97 Å². The Kier molecular flexibility index (Phi) is 9.84. The van der Waals surface area contributed by atoms with Crippen LogP contribution in [0.3, 0.4) is 0 Å². The number of rotatable bonds is 12. The summed E-state index contributed by atoms with van der Waals surface area (Å²) in [6.45, 7) is 4.22. The predicted octanol–water partition coefficient (Wildman–Crippen LogP) is 7.59. The van der Waals surface area contributed by atoms with Crippen LogP contribution >= 0.6 is 0 Å². The van der Waals surface area contributed by atoms with Crippen LogP contribution in [0.5, 0.6) is 5.75 Å². The summed E-state index contributed by atoms with van der Waals surface area (Å²) in [5.74, 6) is 1.15. The Morgan fingerprint density at radius 1 is 0.848 bits per heavy atom. The molecule has 3 aromatic rings. The van der Waals surface area contributed by atoms with Gasteiger partial charge in [-0.25, -0.2) is 9.97 Å². The van der Waals surface area contributed by atoms with Crippen LogP contribution in [0.25, 0.3) is 22.5 Å². The molecule has 4 heteroatoms. The van der Waals surface area contributed by atoms with Gasteiger partial charge in [-0.15, -0.1) is 0 Å². The van der Waals surface area contributed by atoms with Crippen molar-refractivity contribution in [2.75, 3.05) is 0 Å². The van der Waals surface area contributed by atoms with Gasteiger partial charge in [-0.05, 0) is 67.9 Å².